The third-order valence-electron chi connectivity index (χ3n) is 5.99. The Bertz CT molecular complexity index is 1270. The van der Waals surface area contributed by atoms with E-state index < -0.39 is 17.7 Å². The number of aromatic nitrogens is 1. The first-order valence-electron chi connectivity index (χ1n) is 11.0. The van der Waals surface area contributed by atoms with E-state index in [9.17, 15) is 14.7 Å². The van der Waals surface area contributed by atoms with Gasteiger partial charge in [-0.1, -0.05) is 18.2 Å². The molecule has 0 bridgehead atoms. The highest BCUT2D eigenvalue weighted by Gasteiger charge is 2.46. The number of ether oxygens (including phenoxy) is 2. The van der Waals surface area contributed by atoms with Crippen molar-refractivity contribution in [1.82, 2.24) is 9.88 Å². The molecule has 1 amide bonds. The Morgan fingerprint density at radius 2 is 1.77 bits per heavy atom. The number of carbonyl (C=O) groups is 2. The lowest BCUT2D eigenvalue weighted by atomic mass is 9.94. The van der Waals surface area contributed by atoms with Crippen molar-refractivity contribution in [3.8, 4) is 11.5 Å². The van der Waals surface area contributed by atoms with Crippen LogP contribution in [-0.2, 0) is 16.1 Å². The second-order valence-corrected chi connectivity index (χ2v) is 8.30. The molecule has 1 fully saturated rings. The van der Waals surface area contributed by atoms with Crippen LogP contribution in [0.1, 0.15) is 22.9 Å². The van der Waals surface area contributed by atoms with E-state index in [0.717, 1.165) is 5.69 Å². The Morgan fingerprint density at radius 1 is 1.03 bits per heavy atom. The maximum atomic E-state index is 13.3. The molecule has 1 N–H and O–H groups in total. The summed E-state index contributed by atoms with van der Waals surface area (Å²) in [5.41, 5.74) is 2.52. The van der Waals surface area contributed by atoms with Crippen molar-refractivity contribution in [2.75, 3.05) is 33.2 Å². The summed E-state index contributed by atoms with van der Waals surface area (Å²) in [4.78, 5) is 34.3. The van der Waals surface area contributed by atoms with Crippen LogP contribution in [0.25, 0.3) is 5.76 Å². The van der Waals surface area contributed by atoms with E-state index in [0.29, 0.717) is 22.8 Å². The minimum atomic E-state index is -0.816. The molecule has 2 aromatic carbocycles. The molecule has 8 heteroatoms. The smallest absolute Gasteiger partial charge is 0.296 e. The number of methoxy groups -OCH3 is 2. The zero-order chi connectivity index (χ0) is 25.1. The highest BCUT2D eigenvalue weighted by Crippen LogP contribution is 2.42. The number of benzene rings is 2. The van der Waals surface area contributed by atoms with Crippen LogP contribution < -0.4 is 14.4 Å². The number of aliphatic hydroxyl groups excluding tert-OH is 1. The second kappa shape index (κ2) is 9.89. The van der Waals surface area contributed by atoms with E-state index in [2.05, 4.69) is 4.98 Å². The van der Waals surface area contributed by atoms with Gasteiger partial charge in [-0.25, -0.2) is 0 Å². The minimum Gasteiger partial charge on any atom is -0.507 e. The van der Waals surface area contributed by atoms with Crippen LogP contribution in [0, 0.1) is 0 Å². The molecule has 1 aliphatic heterocycles. The first kappa shape index (κ1) is 23.8. The Labute approximate surface area is 204 Å². The predicted molar refractivity (Wildman–Crippen MR) is 132 cm³/mol. The van der Waals surface area contributed by atoms with E-state index in [-0.39, 0.29) is 23.4 Å². The molecule has 35 heavy (non-hydrogen) atoms. The summed E-state index contributed by atoms with van der Waals surface area (Å²) in [5, 5.41) is 11.4. The van der Waals surface area contributed by atoms with Gasteiger partial charge in [0.15, 0.2) is 0 Å². The number of nitrogens with zero attached hydrogens (tertiary/aromatic N) is 3. The summed E-state index contributed by atoms with van der Waals surface area (Å²) in [6, 6.07) is 17.0. The fourth-order valence-corrected chi connectivity index (χ4v) is 4.15. The van der Waals surface area contributed by atoms with Gasteiger partial charge in [-0.05, 0) is 48.0 Å². The normalized spacial score (nSPS) is 16.9. The summed E-state index contributed by atoms with van der Waals surface area (Å²) in [6.07, 6.45) is 1.63. The van der Waals surface area contributed by atoms with Crippen LogP contribution in [0.2, 0.25) is 0 Å². The maximum absolute atomic E-state index is 13.3. The van der Waals surface area contributed by atoms with Crippen molar-refractivity contribution in [2.45, 2.75) is 12.6 Å². The molecule has 0 spiro atoms. The monoisotopic (exact) mass is 473 g/mol. The molecule has 1 saturated heterocycles. The molecule has 0 aliphatic carbocycles. The van der Waals surface area contributed by atoms with Gasteiger partial charge in [0.2, 0.25) is 0 Å². The van der Waals surface area contributed by atoms with Crippen molar-refractivity contribution < 1.29 is 24.2 Å². The quantitative estimate of drug-likeness (QED) is 0.317. The molecule has 180 valence electrons. The SMILES string of the molecule is COc1ccc(OC)c(/C(O)=C2\C(=O)C(=O)N(Cc3ccccn3)C2c2ccc(N(C)C)cc2)c1. The van der Waals surface area contributed by atoms with Gasteiger partial charge in [-0.3, -0.25) is 14.6 Å². The molecule has 1 atom stereocenters. The average Bonchev–Trinajstić information content (AvgIpc) is 3.13. The predicted octanol–water partition coefficient (Wildman–Crippen LogP) is 3.79. The number of anilines is 1. The number of ketones is 1. The van der Waals surface area contributed by atoms with Crippen LogP contribution in [-0.4, -0.2) is 55.0 Å². The van der Waals surface area contributed by atoms with Gasteiger partial charge >= 0.3 is 0 Å². The number of likely N-dealkylation sites (tertiary alicyclic amines) is 1. The minimum absolute atomic E-state index is 0.0184. The largest absolute Gasteiger partial charge is 0.507 e. The van der Waals surface area contributed by atoms with Crippen molar-refractivity contribution in [1.29, 1.82) is 0 Å². The van der Waals surface area contributed by atoms with Crippen LogP contribution >= 0.6 is 0 Å². The summed E-state index contributed by atoms with van der Waals surface area (Å²) < 4.78 is 10.7. The Balaban J connectivity index is 1.90. The first-order chi connectivity index (χ1) is 16.8. The van der Waals surface area contributed by atoms with Gasteiger partial charge in [0, 0.05) is 26.0 Å². The molecule has 1 aliphatic rings. The third kappa shape index (κ3) is 4.55. The topological polar surface area (TPSA) is 92.2 Å². The number of carbonyl (C=O) groups excluding carboxylic acids is 2. The first-order valence-corrected chi connectivity index (χ1v) is 11.0. The van der Waals surface area contributed by atoms with Crippen LogP contribution in [0.4, 0.5) is 5.69 Å². The second-order valence-electron chi connectivity index (χ2n) is 8.30. The number of aliphatic hydroxyl groups is 1. The molecule has 1 aromatic heterocycles. The molecule has 8 nitrogen and oxygen atoms in total. The van der Waals surface area contributed by atoms with Gasteiger partial charge < -0.3 is 24.4 Å². The summed E-state index contributed by atoms with van der Waals surface area (Å²) in [7, 11) is 6.83. The molecular formula is C27H27N3O5. The van der Waals surface area contributed by atoms with Gasteiger partial charge in [-0.15, -0.1) is 0 Å². The molecule has 0 radical (unpaired) electrons. The number of Topliss-reactive ketones (excluding diaryl/α,β-unsaturated/α-hetero) is 1. The van der Waals surface area contributed by atoms with Gasteiger partial charge in [-0.2, -0.15) is 0 Å². The molecule has 2 heterocycles. The molecule has 3 aromatic rings. The van der Waals surface area contributed by atoms with Crippen molar-refractivity contribution in [3.63, 3.8) is 0 Å². The Hall–Kier alpha value is -4.33. The Morgan fingerprint density at radius 3 is 2.37 bits per heavy atom. The van der Waals surface area contributed by atoms with Crippen molar-refractivity contribution in [2.24, 2.45) is 0 Å². The molecular weight excluding hydrogens is 446 g/mol. The lowest BCUT2D eigenvalue weighted by Gasteiger charge is -2.26. The average molecular weight is 474 g/mol. The van der Waals surface area contributed by atoms with E-state index in [1.807, 2.05) is 49.3 Å². The van der Waals surface area contributed by atoms with Crippen LogP contribution in [0.5, 0.6) is 11.5 Å². The van der Waals surface area contributed by atoms with Crippen molar-refractivity contribution >= 4 is 23.1 Å². The number of hydrogen-bond donors (Lipinski definition) is 1. The molecule has 1 unspecified atom stereocenters. The number of hydrogen-bond acceptors (Lipinski definition) is 7. The van der Waals surface area contributed by atoms with E-state index >= 15 is 0 Å². The van der Waals surface area contributed by atoms with Gasteiger partial charge in [0.1, 0.15) is 17.3 Å². The van der Waals surface area contributed by atoms with Gasteiger partial charge in [0.05, 0.1) is 43.6 Å². The van der Waals surface area contributed by atoms with Gasteiger partial charge in [0.25, 0.3) is 11.7 Å². The summed E-state index contributed by atoms with van der Waals surface area (Å²) >= 11 is 0. The van der Waals surface area contributed by atoms with E-state index in [1.54, 1.807) is 36.5 Å². The highest BCUT2D eigenvalue weighted by atomic mass is 16.5. The standard InChI is InChI=1S/C27H27N3O5/c1-29(2)19-10-8-17(9-11-19)24-23(25(31)21-15-20(34-3)12-13-22(21)35-4)26(32)27(33)30(24)16-18-7-5-6-14-28-18/h5-15,24,31H,16H2,1-4H3/b25-23+. The summed E-state index contributed by atoms with van der Waals surface area (Å²) in [5.74, 6) is -0.988. The highest BCUT2D eigenvalue weighted by molar-refractivity contribution is 6.46. The zero-order valence-electron chi connectivity index (χ0n) is 20.1. The van der Waals surface area contributed by atoms with Crippen LogP contribution in [0.3, 0.4) is 0 Å². The lowest BCUT2D eigenvalue weighted by Crippen LogP contribution is -2.29. The molecule has 0 saturated carbocycles. The number of amides is 1. The number of rotatable bonds is 7. The zero-order valence-corrected chi connectivity index (χ0v) is 20.1. The molecule has 4 rings (SSSR count). The Kier molecular flexibility index (Phi) is 6.73. The summed E-state index contributed by atoms with van der Waals surface area (Å²) in [6.45, 7) is 0.109. The lowest BCUT2D eigenvalue weighted by molar-refractivity contribution is -0.140. The third-order valence-corrected chi connectivity index (χ3v) is 5.99. The fourth-order valence-electron chi connectivity index (χ4n) is 4.15. The maximum Gasteiger partial charge on any atom is 0.296 e. The number of pyridine rings is 1. The van der Waals surface area contributed by atoms with Crippen LogP contribution in [0.15, 0.2) is 72.4 Å². The van der Waals surface area contributed by atoms with E-state index in [4.69, 9.17) is 9.47 Å². The fraction of sp³-hybridized carbons (Fsp3) is 0.222. The van der Waals surface area contributed by atoms with E-state index in [1.165, 1.54) is 19.1 Å². The van der Waals surface area contributed by atoms with Crippen molar-refractivity contribution in [3.05, 3.63) is 89.3 Å².